The molecule has 0 bridgehead atoms. The van der Waals surface area contributed by atoms with Gasteiger partial charge in [0.1, 0.15) is 10.7 Å². The van der Waals surface area contributed by atoms with E-state index in [4.69, 9.17) is 28.9 Å². The van der Waals surface area contributed by atoms with Crippen molar-refractivity contribution in [2.75, 3.05) is 5.73 Å². The summed E-state index contributed by atoms with van der Waals surface area (Å²) in [5.41, 5.74) is 7.16. The molecule has 2 aromatic rings. The number of aromatic amines is 1. The van der Waals surface area contributed by atoms with Crippen LogP contribution in [0.15, 0.2) is 17.2 Å². The third-order valence-electron chi connectivity index (χ3n) is 3.06. The van der Waals surface area contributed by atoms with E-state index in [0.717, 1.165) is 0 Å². The molecule has 0 saturated heterocycles. The Labute approximate surface area is 132 Å². The Bertz CT molecular complexity index is 761. The van der Waals surface area contributed by atoms with Crippen LogP contribution in [0.25, 0.3) is 0 Å². The van der Waals surface area contributed by atoms with E-state index >= 15 is 0 Å². The van der Waals surface area contributed by atoms with Gasteiger partial charge in [-0.2, -0.15) is 5.10 Å². The Morgan fingerprint density at radius 3 is 2.62 bits per heavy atom. The number of hydrogen-bond acceptors (Lipinski definition) is 4. The van der Waals surface area contributed by atoms with Crippen molar-refractivity contribution in [3.05, 3.63) is 39.0 Å². The lowest BCUT2D eigenvalue weighted by Gasteiger charge is -2.14. The lowest BCUT2D eigenvalue weighted by Crippen LogP contribution is -2.25. The number of nitrogens with zero attached hydrogens (tertiary/aromatic N) is 1. The van der Waals surface area contributed by atoms with Crippen molar-refractivity contribution in [2.24, 2.45) is 0 Å². The lowest BCUT2D eigenvalue weighted by molar-refractivity contribution is 0.581. The number of anilines is 1. The molecule has 0 spiro atoms. The minimum Gasteiger partial charge on any atom is -0.384 e. The van der Waals surface area contributed by atoms with Crippen molar-refractivity contribution in [3.63, 3.8) is 0 Å². The summed E-state index contributed by atoms with van der Waals surface area (Å²) in [5, 5.41) is 6.76. The number of hydrogen-bond donors (Lipinski definition) is 3. The number of sulfonamides is 1. The van der Waals surface area contributed by atoms with Crippen molar-refractivity contribution in [2.45, 2.75) is 25.3 Å². The van der Waals surface area contributed by atoms with Crippen molar-refractivity contribution < 1.29 is 8.42 Å². The highest BCUT2D eigenvalue weighted by Crippen LogP contribution is 2.33. The standard InChI is InChI=1S/C12H14Cl2N4O2S/c1-6-3-9(13)7(2)11(10(6)14)21(19,20)17-5-8-4-16-18-12(8)15/h3-4,17H,5H2,1-2H3,(H3,15,16,18). The van der Waals surface area contributed by atoms with E-state index < -0.39 is 10.0 Å². The first kappa shape index (κ1) is 16.1. The molecule has 9 heteroatoms. The van der Waals surface area contributed by atoms with Gasteiger partial charge in [-0.3, -0.25) is 5.10 Å². The molecule has 0 aliphatic carbocycles. The van der Waals surface area contributed by atoms with Gasteiger partial charge in [-0.05, 0) is 31.0 Å². The quantitative estimate of drug-likeness (QED) is 0.789. The highest BCUT2D eigenvalue weighted by Gasteiger charge is 2.24. The number of H-pyrrole nitrogens is 1. The second-order valence-electron chi connectivity index (χ2n) is 4.58. The largest absolute Gasteiger partial charge is 0.384 e. The summed E-state index contributed by atoms with van der Waals surface area (Å²) in [7, 11) is -3.82. The summed E-state index contributed by atoms with van der Waals surface area (Å²) < 4.78 is 27.4. The van der Waals surface area contributed by atoms with Gasteiger partial charge in [0.25, 0.3) is 0 Å². The number of nitrogen functional groups attached to an aromatic ring is 1. The Morgan fingerprint density at radius 1 is 1.38 bits per heavy atom. The van der Waals surface area contributed by atoms with Crippen molar-refractivity contribution in [1.82, 2.24) is 14.9 Å². The van der Waals surface area contributed by atoms with E-state index in [1.807, 2.05) is 0 Å². The van der Waals surface area contributed by atoms with Gasteiger partial charge in [0, 0.05) is 17.1 Å². The topological polar surface area (TPSA) is 101 Å². The highest BCUT2D eigenvalue weighted by molar-refractivity contribution is 7.89. The average Bonchev–Trinajstić information content (AvgIpc) is 2.80. The zero-order valence-electron chi connectivity index (χ0n) is 11.4. The summed E-state index contributed by atoms with van der Waals surface area (Å²) in [6.45, 7) is 3.31. The van der Waals surface area contributed by atoms with Crippen LogP contribution in [0.4, 0.5) is 5.82 Å². The maximum absolute atomic E-state index is 12.5. The summed E-state index contributed by atoms with van der Waals surface area (Å²) in [5.74, 6) is 0.308. The average molecular weight is 349 g/mol. The Morgan fingerprint density at radius 2 is 2.05 bits per heavy atom. The lowest BCUT2D eigenvalue weighted by atomic mass is 10.2. The molecule has 0 atom stereocenters. The van der Waals surface area contributed by atoms with Crippen LogP contribution in [0.5, 0.6) is 0 Å². The molecule has 0 radical (unpaired) electrons. The van der Waals surface area contributed by atoms with Gasteiger partial charge in [-0.25, -0.2) is 13.1 Å². The van der Waals surface area contributed by atoms with Crippen LogP contribution in [0.1, 0.15) is 16.7 Å². The third-order valence-corrected chi connectivity index (χ3v) is 5.62. The SMILES string of the molecule is Cc1cc(Cl)c(C)c(S(=O)(=O)NCc2cn[nH]c2N)c1Cl. The predicted octanol–water partition coefficient (Wildman–Crippen LogP) is 2.39. The number of aromatic nitrogens is 2. The monoisotopic (exact) mass is 348 g/mol. The number of rotatable bonds is 4. The second kappa shape index (κ2) is 5.84. The molecule has 0 saturated carbocycles. The number of benzene rings is 1. The smallest absolute Gasteiger partial charge is 0.242 e. The van der Waals surface area contributed by atoms with Gasteiger partial charge in [0.15, 0.2) is 0 Å². The Balaban J connectivity index is 2.39. The summed E-state index contributed by atoms with van der Waals surface area (Å²) in [6.07, 6.45) is 1.45. The van der Waals surface area contributed by atoms with Gasteiger partial charge >= 0.3 is 0 Å². The van der Waals surface area contributed by atoms with Gasteiger partial charge < -0.3 is 5.73 Å². The van der Waals surface area contributed by atoms with Crippen LogP contribution >= 0.6 is 23.2 Å². The predicted molar refractivity (Wildman–Crippen MR) is 83.0 cm³/mol. The van der Waals surface area contributed by atoms with E-state index in [0.29, 0.717) is 27.5 Å². The molecule has 4 N–H and O–H groups in total. The molecule has 2 rings (SSSR count). The van der Waals surface area contributed by atoms with Crippen LogP contribution in [0.2, 0.25) is 10.0 Å². The third kappa shape index (κ3) is 3.16. The number of aryl methyl sites for hydroxylation is 1. The molecule has 0 amide bonds. The van der Waals surface area contributed by atoms with Gasteiger partial charge in [0.2, 0.25) is 10.0 Å². The van der Waals surface area contributed by atoms with Gasteiger partial charge in [0.05, 0.1) is 11.2 Å². The first-order valence-corrected chi connectivity index (χ1v) is 8.20. The Kier molecular flexibility index (Phi) is 4.48. The fourth-order valence-electron chi connectivity index (χ4n) is 1.84. The highest BCUT2D eigenvalue weighted by atomic mass is 35.5. The first-order valence-electron chi connectivity index (χ1n) is 5.96. The molecule has 0 fully saturated rings. The minimum atomic E-state index is -3.82. The molecule has 114 valence electrons. The molecule has 1 aromatic carbocycles. The van der Waals surface area contributed by atoms with Crippen LogP contribution in [-0.2, 0) is 16.6 Å². The fraction of sp³-hybridized carbons (Fsp3) is 0.250. The summed E-state index contributed by atoms with van der Waals surface area (Å²) >= 11 is 12.2. The van der Waals surface area contributed by atoms with Crippen molar-refractivity contribution >= 4 is 39.0 Å². The fourth-order valence-corrected chi connectivity index (χ4v) is 4.06. The molecule has 6 nitrogen and oxygen atoms in total. The van der Waals surface area contributed by atoms with Crippen LogP contribution in [-0.4, -0.2) is 18.6 Å². The molecule has 1 aromatic heterocycles. The zero-order valence-corrected chi connectivity index (χ0v) is 13.7. The number of nitrogens with one attached hydrogen (secondary N) is 2. The zero-order chi connectivity index (χ0) is 15.8. The molecule has 1 heterocycles. The van der Waals surface area contributed by atoms with E-state index in [2.05, 4.69) is 14.9 Å². The van der Waals surface area contributed by atoms with Crippen LogP contribution in [0.3, 0.4) is 0 Å². The molecule has 21 heavy (non-hydrogen) atoms. The molecular weight excluding hydrogens is 335 g/mol. The maximum Gasteiger partial charge on any atom is 0.242 e. The number of halogens is 2. The maximum atomic E-state index is 12.5. The van der Waals surface area contributed by atoms with Crippen LogP contribution < -0.4 is 10.5 Å². The minimum absolute atomic E-state index is 0.00595. The normalized spacial score (nSPS) is 11.8. The van der Waals surface area contributed by atoms with E-state index in [1.54, 1.807) is 19.9 Å². The van der Waals surface area contributed by atoms with Crippen LogP contribution in [0, 0.1) is 13.8 Å². The van der Waals surface area contributed by atoms with Gasteiger partial charge in [-0.15, -0.1) is 0 Å². The summed E-state index contributed by atoms with van der Waals surface area (Å²) in [4.78, 5) is -0.0174. The second-order valence-corrected chi connectivity index (χ2v) is 7.07. The van der Waals surface area contributed by atoms with Crippen molar-refractivity contribution in [3.8, 4) is 0 Å². The molecular formula is C12H14Cl2N4O2S. The van der Waals surface area contributed by atoms with Gasteiger partial charge in [-0.1, -0.05) is 23.2 Å². The first-order chi connectivity index (χ1) is 9.74. The molecule has 0 unspecified atom stereocenters. The number of nitrogens with two attached hydrogens (primary N) is 1. The van der Waals surface area contributed by atoms with E-state index in [9.17, 15) is 8.42 Å². The van der Waals surface area contributed by atoms with Crippen molar-refractivity contribution in [1.29, 1.82) is 0 Å². The van der Waals surface area contributed by atoms with E-state index in [1.165, 1.54) is 6.20 Å². The Hall–Kier alpha value is -1.28. The summed E-state index contributed by atoms with van der Waals surface area (Å²) in [6, 6.07) is 1.63. The molecule has 0 aliphatic rings. The van der Waals surface area contributed by atoms with E-state index in [-0.39, 0.29) is 16.5 Å². The molecule has 0 aliphatic heterocycles.